The molecular formula is C23H24F2N2O6. The third-order valence-corrected chi connectivity index (χ3v) is 4.32. The molecule has 0 radical (unpaired) electrons. The van der Waals surface area contributed by atoms with Gasteiger partial charge in [0.1, 0.15) is 12.3 Å². The summed E-state index contributed by atoms with van der Waals surface area (Å²) in [5.74, 6) is -2.35. The Labute approximate surface area is 189 Å². The van der Waals surface area contributed by atoms with Crippen LogP contribution in [-0.4, -0.2) is 42.8 Å². The lowest BCUT2D eigenvalue weighted by Gasteiger charge is -2.13. The van der Waals surface area contributed by atoms with Gasteiger partial charge in [0.2, 0.25) is 11.7 Å². The maximum Gasteiger partial charge on any atom is 0.387 e. The van der Waals surface area contributed by atoms with Crippen molar-refractivity contribution in [3.8, 4) is 5.75 Å². The van der Waals surface area contributed by atoms with Crippen LogP contribution in [0.1, 0.15) is 47.4 Å². The van der Waals surface area contributed by atoms with E-state index in [1.54, 1.807) is 12.1 Å². The van der Waals surface area contributed by atoms with E-state index in [0.29, 0.717) is 18.5 Å². The van der Waals surface area contributed by atoms with Gasteiger partial charge >= 0.3 is 12.6 Å². The van der Waals surface area contributed by atoms with Crippen molar-refractivity contribution in [2.24, 2.45) is 0 Å². The fraction of sp³-hybridized carbons (Fsp3) is 0.304. The largest absolute Gasteiger partial charge is 0.453 e. The third-order valence-electron chi connectivity index (χ3n) is 4.32. The normalized spacial score (nSPS) is 11.4. The zero-order valence-electron chi connectivity index (χ0n) is 18.1. The van der Waals surface area contributed by atoms with Gasteiger partial charge < -0.3 is 20.1 Å². The van der Waals surface area contributed by atoms with Crippen molar-refractivity contribution in [1.82, 2.24) is 5.32 Å². The molecule has 8 nitrogen and oxygen atoms in total. The van der Waals surface area contributed by atoms with Crippen molar-refractivity contribution in [2.75, 3.05) is 11.9 Å². The molecule has 1 atom stereocenters. The monoisotopic (exact) mass is 462 g/mol. The highest BCUT2D eigenvalue weighted by Gasteiger charge is 2.20. The van der Waals surface area contributed by atoms with E-state index in [-0.39, 0.29) is 22.8 Å². The van der Waals surface area contributed by atoms with Crippen LogP contribution in [0.5, 0.6) is 5.75 Å². The van der Waals surface area contributed by atoms with E-state index < -0.39 is 36.9 Å². The summed E-state index contributed by atoms with van der Waals surface area (Å²) in [7, 11) is 0. The van der Waals surface area contributed by atoms with Crippen molar-refractivity contribution < 1.29 is 37.4 Å². The average Bonchev–Trinajstić information content (AvgIpc) is 2.77. The summed E-state index contributed by atoms with van der Waals surface area (Å²) in [6.07, 6.45) is -0.0117. The molecular weight excluding hydrogens is 438 g/mol. The van der Waals surface area contributed by atoms with Crippen LogP contribution in [-0.2, 0) is 14.3 Å². The number of ether oxygens (including phenoxy) is 2. The first-order valence-electron chi connectivity index (χ1n) is 10.2. The number of alkyl halides is 2. The number of hydrogen-bond donors (Lipinski definition) is 2. The lowest BCUT2D eigenvalue weighted by Crippen LogP contribution is -2.34. The topological polar surface area (TPSA) is 111 Å². The van der Waals surface area contributed by atoms with Crippen LogP contribution in [0.15, 0.2) is 48.5 Å². The highest BCUT2D eigenvalue weighted by Crippen LogP contribution is 2.16. The summed E-state index contributed by atoms with van der Waals surface area (Å²) >= 11 is 0. The number of ketones is 1. The van der Waals surface area contributed by atoms with Gasteiger partial charge in [-0.2, -0.15) is 8.78 Å². The molecule has 33 heavy (non-hydrogen) atoms. The molecule has 0 bridgehead atoms. The smallest absolute Gasteiger partial charge is 0.387 e. The Bertz CT molecular complexity index is 995. The number of rotatable bonds is 11. The second-order valence-corrected chi connectivity index (χ2v) is 6.96. The van der Waals surface area contributed by atoms with E-state index in [1.807, 2.05) is 6.92 Å². The van der Waals surface area contributed by atoms with Gasteiger partial charge in [-0.25, -0.2) is 0 Å². The lowest BCUT2D eigenvalue weighted by molar-refractivity contribution is -0.145. The molecule has 0 aliphatic rings. The molecule has 0 aliphatic heterocycles. The van der Waals surface area contributed by atoms with Gasteiger partial charge in [0.05, 0.1) is 0 Å². The number of carbonyl (C=O) groups excluding carboxylic acids is 4. The minimum Gasteiger partial charge on any atom is -0.453 e. The van der Waals surface area contributed by atoms with E-state index in [9.17, 15) is 28.0 Å². The number of anilines is 1. The number of hydrogen-bond acceptors (Lipinski definition) is 6. The molecule has 0 saturated carbocycles. The van der Waals surface area contributed by atoms with Crippen LogP contribution in [0.2, 0.25) is 0 Å². The quantitative estimate of drug-likeness (QED) is 0.390. The molecule has 0 saturated heterocycles. The van der Waals surface area contributed by atoms with Crippen LogP contribution in [0.4, 0.5) is 14.5 Å². The van der Waals surface area contributed by atoms with Crippen LogP contribution in [0.3, 0.4) is 0 Å². The molecule has 0 spiro atoms. The molecule has 0 heterocycles. The fourth-order valence-electron chi connectivity index (χ4n) is 2.76. The van der Waals surface area contributed by atoms with Crippen LogP contribution < -0.4 is 15.4 Å². The van der Waals surface area contributed by atoms with E-state index in [4.69, 9.17) is 4.74 Å². The summed E-state index contributed by atoms with van der Waals surface area (Å²) in [4.78, 5) is 48.2. The molecule has 0 fully saturated rings. The number of Topliss-reactive ketones (excluding diaryl/α,β-unsaturated/α-hetero) is 1. The van der Waals surface area contributed by atoms with Gasteiger partial charge in [0.25, 0.3) is 5.91 Å². The lowest BCUT2D eigenvalue weighted by atomic mass is 10.1. The summed E-state index contributed by atoms with van der Waals surface area (Å²) in [6, 6.07) is 11.2. The molecule has 10 heteroatoms. The Balaban J connectivity index is 1.85. The summed E-state index contributed by atoms with van der Waals surface area (Å²) in [5, 5.41) is 4.99. The Morgan fingerprint density at radius 1 is 1.00 bits per heavy atom. The van der Waals surface area contributed by atoms with E-state index in [0.717, 1.165) is 6.07 Å². The minimum absolute atomic E-state index is 0.0104. The number of benzene rings is 2. The van der Waals surface area contributed by atoms with Crippen molar-refractivity contribution in [3.63, 3.8) is 0 Å². The third kappa shape index (κ3) is 8.32. The zero-order chi connectivity index (χ0) is 24.4. The molecule has 2 aromatic rings. The minimum atomic E-state index is -3.03. The first-order valence-corrected chi connectivity index (χ1v) is 10.2. The predicted octanol–water partition coefficient (Wildman–Crippen LogP) is 3.57. The Morgan fingerprint density at radius 3 is 2.33 bits per heavy atom. The van der Waals surface area contributed by atoms with Crippen LogP contribution >= 0.6 is 0 Å². The second-order valence-electron chi connectivity index (χ2n) is 6.96. The number of halogens is 2. The molecule has 2 N–H and O–H groups in total. The fourth-order valence-corrected chi connectivity index (χ4v) is 2.76. The second kappa shape index (κ2) is 12.3. The maximum absolute atomic E-state index is 12.5. The highest BCUT2D eigenvalue weighted by molar-refractivity contribution is 6.01. The Morgan fingerprint density at radius 2 is 1.70 bits per heavy atom. The summed E-state index contributed by atoms with van der Waals surface area (Å²) < 4.78 is 33.9. The van der Waals surface area contributed by atoms with Gasteiger partial charge in [-0.1, -0.05) is 13.0 Å². The van der Waals surface area contributed by atoms with Gasteiger partial charge in [0, 0.05) is 23.2 Å². The maximum atomic E-state index is 12.5. The van der Waals surface area contributed by atoms with Gasteiger partial charge in [0.15, 0.2) is 6.10 Å². The highest BCUT2D eigenvalue weighted by atomic mass is 19.3. The summed E-state index contributed by atoms with van der Waals surface area (Å²) in [5.41, 5.74) is 0.834. The number of carbonyl (C=O) groups is 4. The SMILES string of the molecule is CCCC(=O)Nc1ccc(C(=O)[C@H](C)OC(=O)CNC(=O)c2cccc(OC(F)F)c2)cc1. The molecule has 0 unspecified atom stereocenters. The van der Waals surface area contributed by atoms with Crippen molar-refractivity contribution in [1.29, 1.82) is 0 Å². The molecule has 176 valence electrons. The average molecular weight is 462 g/mol. The first-order chi connectivity index (χ1) is 15.7. The Hall–Kier alpha value is -3.82. The predicted molar refractivity (Wildman–Crippen MR) is 115 cm³/mol. The number of nitrogens with one attached hydrogen (secondary N) is 2. The molecule has 2 amide bonds. The molecule has 2 rings (SSSR count). The zero-order valence-corrected chi connectivity index (χ0v) is 18.1. The summed E-state index contributed by atoms with van der Waals surface area (Å²) in [6.45, 7) is -0.282. The Kier molecular flexibility index (Phi) is 9.46. The first kappa shape index (κ1) is 25.4. The van der Waals surface area contributed by atoms with Gasteiger partial charge in [-0.15, -0.1) is 0 Å². The van der Waals surface area contributed by atoms with E-state index in [1.165, 1.54) is 37.3 Å². The van der Waals surface area contributed by atoms with Crippen molar-refractivity contribution in [2.45, 2.75) is 39.4 Å². The van der Waals surface area contributed by atoms with Gasteiger partial charge in [-0.05, 0) is 55.8 Å². The number of esters is 1. The standard InChI is InChI=1S/C23H24F2N2O6/c1-3-5-19(28)27-17-10-8-15(9-11-17)21(30)14(2)32-20(29)13-26-22(31)16-6-4-7-18(12-16)33-23(24)25/h4,6-12,14,23H,3,5,13H2,1-2H3,(H,26,31)(H,27,28)/t14-/m0/s1. The van der Waals surface area contributed by atoms with Gasteiger partial charge in [-0.3, -0.25) is 19.2 Å². The van der Waals surface area contributed by atoms with Crippen LogP contribution in [0, 0.1) is 0 Å². The number of amides is 2. The molecule has 0 aliphatic carbocycles. The molecule has 0 aromatic heterocycles. The van der Waals surface area contributed by atoms with Crippen LogP contribution in [0.25, 0.3) is 0 Å². The van der Waals surface area contributed by atoms with Crippen molar-refractivity contribution in [3.05, 3.63) is 59.7 Å². The molecule has 2 aromatic carbocycles. The van der Waals surface area contributed by atoms with E-state index >= 15 is 0 Å². The van der Waals surface area contributed by atoms with Crippen molar-refractivity contribution >= 4 is 29.3 Å². The van der Waals surface area contributed by atoms with E-state index in [2.05, 4.69) is 15.4 Å².